The van der Waals surface area contributed by atoms with Crippen LogP contribution in [0.3, 0.4) is 0 Å². The van der Waals surface area contributed by atoms with Crippen molar-refractivity contribution in [2.75, 3.05) is 0 Å². The third-order valence-electron chi connectivity index (χ3n) is 3.46. The van der Waals surface area contributed by atoms with E-state index in [1.165, 1.54) is 11.1 Å². The van der Waals surface area contributed by atoms with Gasteiger partial charge in [0.15, 0.2) is 0 Å². The van der Waals surface area contributed by atoms with Crippen LogP contribution in [-0.4, -0.2) is 6.04 Å². The molecular weight excluding hydrogens is 289 g/mol. The van der Waals surface area contributed by atoms with E-state index >= 15 is 0 Å². The minimum Gasteiger partial charge on any atom is -0.310 e. The normalized spacial score (nSPS) is 12.4. The molecule has 0 saturated carbocycles. The van der Waals surface area contributed by atoms with E-state index in [0.717, 1.165) is 18.5 Å². The Labute approximate surface area is 130 Å². The quantitative estimate of drug-likeness (QED) is 0.817. The van der Waals surface area contributed by atoms with Gasteiger partial charge in [-0.25, -0.2) is 0 Å². The van der Waals surface area contributed by atoms with E-state index < -0.39 is 0 Å². The Morgan fingerprint density at radius 2 is 1.70 bits per heavy atom. The minimum absolute atomic E-state index is 0.381. The van der Waals surface area contributed by atoms with Gasteiger partial charge in [0.1, 0.15) is 0 Å². The third-order valence-corrected chi connectivity index (χ3v) is 4.32. The summed E-state index contributed by atoms with van der Waals surface area (Å²) in [4.78, 5) is 0. The van der Waals surface area contributed by atoms with Gasteiger partial charge in [-0.05, 0) is 43.0 Å². The maximum Gasteiger partial charge on any atom is 0.0637 e. The van der Waals surface area contributed by atoms with Crippen LogP contribution < -0.4 is 5.32 Å². The number of hydrogen-bond acceptors (Lipinski definition) is 1. The highest BCUT2D eigenvalue weighted by atomic mass is 35.5. The Morgan fingerprint density at radius 1 is 1.00 bits per heavy atom. The predicted octanol–water partition coefficient (Wildman–Crippen LogP) is 5.02. The highest BCUT2D eigenvalue weighted by Crippen LogP contribution is 2.25. The summed E-state index contributed by atoms with van der Waals surface area (Å²) in [5.74, 6) is 0. The first-order valence-corrected chi connectivity index (χ1v) is 7.54. The molecule has 1 N–H and O–H groups in total. The van der Waals surface area contributed by atoms with Crippen molar-refractivity contribution in [2.24, 2.45) is 0 Å². The molecule has 1 unspecified atom stereocenters. The predicted molar refractivity (Wildman–Crippen MR) is 87.6 cm³/mol. The molecule has 0 bridgehead atoms. The average Bonchev–Trinajstić information content (AvgIpc) is 2.43. The highest BCUT2D eigenvalue weighted by Gasteiger charge is 2.08. The van der Waals surface area contributed by atoms with Crippen molar-refractivity contribution in [3.8, 4) is 0 Å². The first-order chi connectivity index (χ1) is 9.58. The maximum absolute atomic E-state index is 6.19. The number of nitrogens with one attached hydrogen (secondary N) is 1. The second-order valence-electron chi connectivity index (χ2n) is 5.13. The van der Waals surface area contributed by atoms with Gasteiger partial charge in [0.25, 0.3) is 0 Å². The fourth-order valence-corrected chi connectivity index (χ4v) is 2.60. The van der Waals surface area contributed by atoms with Crippen LogP contribution in [0.4, 0.5) is 0 Å². The number of aryl methyl sites for hydroxylation is 1. The zero-order valence-electron chi connectivity index (χ0n) is 11.8. The van der Waals surface area contributed by atoms with E-state index in [1.54, 1.807) is 0 Å². The van der Waals surface area contributed by atoms with Crippen LogP contribution in [0.15, 0.2) is 42.5 Å². The van der Waals surface area contributed by atoms with Gasteiger partial charge in [-0.2, -0.15) is 0 Å². The summed E-state index contributed by atoms with van der Waals surface area (Å²) in [5.41, 5.74) is 3.75. The summed E-state index contributed by atoms with van der Waals surface area (Å²) in [6.45, 7) is 5.06. The molecule has 0 aliphatic heterocycles. The highest BCUT2D eigenvalue weighted by molar-refractivity contribution is 6.42. The molecule has 0 aromatic heterocycles. The van der Waals surface area contributed by atoms with Gasteiger partial charge in [0, 0.05) is 12.6 Å². The van der Waals surface area contributed by atoms with Crippen molar-refractivity contribution in [1.82, 2.24) is 5.32 Å². The second-order valence-corrected chi connectivity index (χ2v) is 5.91. The van der Waals surface area contributed by atoms with E-state index in [4.69, 9.17) is 23.2 Å². The molecule has 0 fully saturated rings. The lowest BCUT2D eigenvalue weighted by Crippen LogP contribution is -2.27. The van der Waals surface area contributed by atoms with Crippen LogP contribution in [-0.2, 0) is 13.0 Å². The molecule has 2 aromatic rings. The Balaban J connectivity index is 1.94. The van der Waals surface area contributed by atoms with Crippen molar-refractivity contribution in [1.29, 1.82) is 0 Å². The standard InChI is InChI=1S/C17H19Cl2N/c1-12-6-3-4-7-14(12)10-13(2)20-11-15-8-5-9-16(18)17(15)19/h3-9,13,20H,10-11H2,1-2H3. The SMILES string of the molecule is Cc1ccccc1CC(C)NCc1cccc(Cl)c1Cl. The molecule has 0 heterocycles. The van der Waals surface area contributed by atoms with Crippen LogP contribution in [0.2, 0.25) is 10.0 Å². The minimum atomic E-state index is 0.381. The summed E-state index contributed by atoms with van der Waals surface area (Å²) in [6.07, 6.45) is 1.00. The van der Waals surface area contributed by atoms with Gasteiger partial charge in [0.05, 0.1) is 10.0 Å². The maximum atomic E-state index is 6.19. The van der Waals surface area contributed by atoms with Crippen molar-refractivity contribution in [2.45, 2.75) is 32.9 Å². The number of benzene rings is 2. The molecule has 3 heteroatoms. The molecule has 20 heavy (non-hydrogen) atoms. The molecule has 0 aliphatic rings. The summed E-state index contributed by atoms with van der Waals surface area (Å²) in [7, 11) is 0. The molecule has 1 nitrogen and oxygen atoms in total. The zero-order chi connectivity index (χ0) is 14.5. The molecule has 0 spiro atoms. The molecule has 0 aliphatic carbocycles. The summed E-state index contributed by atoms with van der Waals surface area (Å²) < 4.78 is 0. The smallest absolute Gasteiger partial charge is 0.0637 e. The van der Waals surface area contributed by atoms with Crippen LogP contribution in [0.5, 0.6) is 0 Å². The van der Waals surface area contributed by atoms with Gasteiger partial charge in [-0.1, -0.05) is 59.6 Å². The molecule has 2 rings (SSSR count). The fourth-order valence-electron chi connectivity index (χ4n) is 2.21. The van der Waals surface area contributed by atoms with Crippen LogP contribution in [0, 0.1) is 6.92 Å². The number of halogens is 2. The van der Waals surface area contributed by atoms with Gasteiger partial charge in [0.2, 0.25) is 0 Å². The van der Waals surface area contributed by atoms with Gasteiger partial charge in [-0.3, -0.25) is 0 Å². The molecule has 106 valence electrons. The van der Waals surface area contributed by atoms with Gasteiger partial charge < -0.3 is 5.32 Å². The van der Waals surface area contributed by atoms with Crippen molar-refractivity contribution in [3.05, 3.63) is 69.2 Å². The summed E-state index contributed by atoms with van der Waals surface area (Å²) in [5, 5.41) is 4.75. The van der Waals surface area contributed by atoms with E-state index in [1.807, 2.05) is 18.2 Å². The monoisotopic (exact) mass is 307 g/mol. The molecule has 0 saturated heterocycles. The molecule has 2 aromatic carbocycles. The lowest BCUT2D eigenvalue weighted by atomic mass is 10.0. The average molecular weight is 308 g/mol. The lowest BCUT2D eigenvalue weighted by molar-refractivity contribution is 0.544. The third kappa shape index (κ3) is 3.99. The summed E-state index contributed by atoms with van der Waals surface area (Å²) >= 11 is 12.2. The van der Waals surface area contributed by atoms with E-state index in [-0.39, 0.29) is 0 Å². The van der Waals surface area contributed by atoms with Crippen molar-refractivity contribution < 1.29 is 0 Å². The Bertz CT molecular complexity index is 581. The second kappa shape index (κ2) is 7.12. The van der Waals surface area contributed by atoms with Crippen molar-refractivity contribution in [3.63, 3.8) is 0 Å². The Morgan fingerprint density at radius 3 is 2.45 bits per heavy atom. The van der Waals surface area contributed by atoms with Crippen LogP contribution >= 0.6 is 23.2 Å². The zero-order valence-corrected chi connectivity index (χ0v) is 13.3. The first-order valence-electron chi connectivity index (χ1n) is 6.78. The Kier molecular flexibility index (Phi) is 5.47. The van der Waals surface area contributed by atoms with Gasteiger partial charge in [-0.15, -0.1) is 0 Å². The van der Waals surface area contributed by atoms with Crippen LogP contribution in [0.25, 0.3) is 0 Å². The molecule has 0 radical (unpaired) electrons. The Hall–Kier alpha value is -1.02. The molecular formula is C17H19Cl2N. The van der Waals surface area contributed by atoms with Crippen molar-refractivity contribution >= 4 is 23.2 Å². The lowest BCUT2D eigenvalue weighted by Gasteiger charge is -2.16. The summed E-state index contributed by atoms with van der Waals surface area (Å²) in [6, 6.07) is 14.6. The fraction of sp³-hybridized carbons (Fsp3) is 0.294. The largest absolute Gasteiger partial charge is 0.310 e. The number of hydrogen-bond donors (Lipinski definition) is 1. The number of rotatable bonds is 5. The first kappa shape index (κ1) is 15.4. The molecule has 0 amide bonds. The topological polar surface area (TPSA) is 12.0 Å². The molecule has 1 atom stereocenters. The van der Waals surface area contributed by atoms with E-state index in [0.29, 0.717) is 16.1 Å². The van der Waals surface area contributed by atoms with E-state index in [9.17, 15) is 0 Å². The van der Waals surface area contributed by atoms with Crippen LogP contribution in [0.1, 0.15) is 23.6 Å². The van der Waals surface area contributed by atoms with Gasteiger partial charge >= 0.3 is 0 Å². The van der Waals surface area contributed by atoms with E-state index in [2.05, 4.69) is 43.4 Å².